The molecule has 0 aliphatic carbocycles. The van der Waals surface area contributed by atoms with Gasteiger partial charge in [-0.25, -0.2) is 0 Å². The third-order valence-corrected chi connectivity index (χ3v) is 1.15. The van der Waals surface area contributed by atoms with E-state index in [2.05, 4.69) is 11.7 Å². The molecule has 0 aliphatic heterocycles. The van der Waals surface area contributed by atoms with Crippen LogP contribution in [0.2, 0.25) is 0 Å². The van der Waals surface area contributed by atoms with E-state index >= 15 is 0 Å². The standard InChI is InChI=1S/C5H8O4.C5H12O/c1-2-9-5(8)3-4(6)7;1-3-5-6-4-2/h2-3H2,1H3,(H,6,7);3-5H2,1-2H3. The van der Waals surface area contributed by atoms with Crippen molar-refractivity contribution in [1.82, 2.24) is 0 Å². The average molecular weight is 220 g/mol. The van der Waals surface area contributed by atoms with Crippen molar-refractivity contribution in [3.05, 3.63) is 0 Å². The summed E-state index contributed by atoms with van der Waals surface area (Å²) in [6.07, 6.45) is 0.585. The van der Waals surface area contributed by atoms with Crippen molar-refractivity contribution in [2.75, 3.05) is 19.8 Å². The Morgan fingerprint density at radius 2 is 1.73 bits per heavy atom. The minimum absolute atomic E-state index is 0.228. The molecule has 0 radical (unpaired) electrons. The number of carboxylic acid groups (broad SMARTS) is 1. The molecule has 0 amide bonds. The molecule has 0 spiro atoms. The summed E-state index contributed by atoms with van der Waals surface area (Å²) in [5, 5.41) is 8.01. The summed E-state index contributed by atoms with van der Waals surface area (Å²) in [4.78, 5) is 20.0. The van der Waals surface area contributed by atoms with Gasteiger partial charge in [-0.15, -0.1) is 0 Å². The van der Waals surface area contributed by atoms with Gasteiger partial charge >= 0.3 is 11.9 Å². The van der Waals surface area contributed by atoms with Crippen LogP contribution >= 0.6 is 0 Å². The van der Waals surface area contributed by atoms with Crippen LogP contribution in [0.3, 0.4) is 0 Å². The first kappa shape index (κ1) is 16.3. The number of carboxylic acids is 1. The van der Waals surface area contributed by atoms with Crippen molar-refractivity contribution >= 4 is 11.9 Å². The fourth-order valence-corrected chi connectivity index (χ4v) is 0.624. The lowest BCUT2D eigenvalue weighted by Crippen LogP contribution is -2.09. The first-order valence-electron chi connectivity index (χ1n) is 5.03. The van der Waals surface area contributed by atoms with Crippen molar-refractivity contribution in [2.45, 2.75) is 33.6 Å². The van der Waals surface area contributed by atoms with Crippen LogP contribution in [0.1, 0.15) is 33.6 Å². The molecule has 0 bridgehead atoms. The van der Waals surface area contributed by atoms with Gasteiger partial charge in [0.1, 0.15) is 6.42 Å². The summed E-state index contributed by atoms with van der Waals surface area (Å²) in [6.45, 7) is 7.74. The Labute approximate surface area is 90.4 Å². The number of rotatable bonds is 6. The molecule has 0 aromatic heterocycles. The van der Waals surface area contributed by atoms with E-state index in [0.29, 0.717) is 0 Å². The Kier molecular flexibility index (Phi) is 14.0. The molecule has 0 saturated carbocycles. The van der Waals surface area contributed by atoms with Crippen LogP contribution in [0.25, 0.3) is 0 Å². The first-order valence-corrected chi connectivity index (χ1v) is 5.03. The molecule has 0 saturated heterocycles. The van der Waals surface area contributed by atoms with Crippen LogP contribution in [0.5, 0.6) is 0 Å². The number of hydrogen-bond donors (Lipinski definition) is 1. The SMILES string of the molecule is CCCOCC.CCOC(=O)CC(=O)O. The molecular formula is C10H20O5. The number of hydrogen-bond acceptors (Lipinski definition) is 4. The van der Waals surface area contributed by atoms with Crippen molar-refractivity contribution in [1.29, 1.82) is 0 Å². The van der Waals surface area contributed by atoms with Crippen LogP contribution < -0.4 is 0 Å². The molecule has 5 nitrogen and oxygen atoms in total. The third kappa shape index (κ3) is 19.3. The highest BCUT2D eigenvalue weighted by Crippen LogP contribution is 1.84. The van der Waals surface area contributed by atoms with Gasteiger partial charge in [-0.2, -0.15) is 0 Å². The second-order valence-corrected chi connectivity index (χ2v) is 2.57. The van der Waals surface area contributed by atoms with Gasteiger partial charge in [0.15, 0.2) is 0 Å². The summed E-state index contributed by atoms with van der Waals surface area (Å²) in [5.74, 6) is -1.85. The van der Waals surface area contributed by atoms with E-state index in [1.165, 1.54) is 0 Å². The Morgan fingerprint density at radius 1 is 1.13 bits per heavy atom. The minimum atomic E-state index is -1.16. The van der Waals surface area contributed by atoms with Crippen LogP contribution in [0.15, 0.2) is 0 Å². The molecule has 0 heterocycles. The molecule has 90 valence electrons. The summed E-state index contributed by atoms with van der Waals surface area (Å²) < 4.78 is 9.32. The third-order valence-electron chi connectivity index (χ3n) is 1.15. The zero-order valence-electron chi connectivity index (χ0n) is 9.62. The second kappa shape index (κ2) is 12.9. The zero-order valence-corrected chi connectivity index (χ0v) is 9.62. The van der Waals surface area contributed by atoms with Gasteiger partial charge in [-0.3, -0.25) is 9.59 Å². The highest BCUT2D eigenvalue weighted by molar-refractivity contribution is 5.90. The van der Waals surface area contributed by atoms with Crippen LogP contribution in [-0.4, -0.2) is 36.9 Å². The predicted molar refractivity (Wildman–Crippen MR) is 55.7 cm³/mol. The molecule has 0 atom stereocenters. The van der Waals surface area contributed by atoms with E-state index in [1.807, 2.05) is 6.92 Å². The highest BCUT2D eigenvalue weighted by atomic mass is 16.5. The van der Waals surface area contributed by atoms with E-state index in [9.17, 15) is 9.59 Å². The highest BCUT2D eigenvalue weighted by Gasteiger charge is 2.06. The molecule has 0 aliphatic rings. The molecular weight excluding hydrogens is 200 g/mol. The maximum Gasteiger partial charge on any atom is 0.317 e. The lowest BCUT2D eigenvalue weighted by molar-refractivity contribution is -0.150. The van der Waals surface area contributed by atoms with E-state index in [4.69, 9.17) is 9.84 Å². The van der Waals surface area contributed by atoms with Gasteiger partial charge in [0.25, 0.3) is 0 Å². The number of ether oxygens (including phenoxy) is 2. The topological polar surface area (TPSA) is 72.8 Å². The normalized spacial score (nSPS) is 8.73. The molecule has 5 heteroatoms. The first-order chi connectivity index (χ1) is 7.08. The fourth-order valence-electron chi connectivity index (χ4n) is 0.624. The van der Waals surface area contributed by atoms with E-state index in [0.717, 1.165) is 19.6 Å². The summed E-state index contributed by atoms with van der Waals surface area (Å²) in [7, 11) is 0. The molecule has 0 aromatic rings. The van der Waals surface area contributed by atoms with Crippen LogP contribution in [-0.2, 0) is 19.1 Å². The Balaban J connectivity index is 0. The Hall–Kier alpha value is -1.10. The van der Waals surface area contributed by atoms with Gasteiger partial charge in [-0.05, 0) is 20.3 Å². The Bertz CT molecular complexity index is 163. The Morgan fingerprint density at radius 3 is 2.00 bits per heavy atom. The number of carbonyl (C=O) groups excluding carboxylic acids is 1. The van der Waals surface area contributed by atoms with Crippen molar-refractivity contribution in [3.8, 4) is 0 Å². The second-order valence-electron chi connectivity index (χ2n) is 2.57. The van der Waals surface area contributed by atoms with Gasteiger partial charge in [0, 0.05) is 13.2 Å². The van der Waals surface area contributed by atoms with E-state index in [1.54, 1.807) is 6.92 Å². The smallest absolute Gasteiger partial charge is 0.317 e. The zero-order chi connectivity index (χ0) is 12.1. The predicted octanol–water partition coefficient (Wildman–Crippen LogP) is 1.46. The fraction of sp³-hybridized carbons (Fsp3) is 0.800. The summed E-state index contributed by atoms with van der Waals surface area (Å²) in [5.41, 5.74) is 0. The van der Waals surface area contributed by atoms with Crippen molar-refractivity contribution in [2.24, 2.45) is 0 Å². The molecule has 0 fully saturated rings. The molecule has 0 aromatic carbocycles. The number of carbonyl (C=O) groups is 2. The number of esters is 1. The average Bonchev–Trinajstić information content (AvgIpc) is 2.15. The van der Waals surface area contributed by atoms with E-state index < -0.39 is 18.4 Å². The maximum absolute atomic E-state index is 10.3. The largest absolute Gasteiger partial charge is 0.481 e. The minimum Gasteiger partial charge on any atom is -0.481 e. The molecule has 0 unspecified atom stereocenters. The molecule has 0 rings (SSSR count). The van der Waals surface area contributed by atoms with E-state index in [-0.39, 0.29) is 6.61 Å². The maximum atomic E-state index is 10.3. The van der Waals surface area contributed by atoms with Crippen LogP contribution in [0.4, 0.5) is 0 Å². The lowest BCUT2D eigenvalue weighted by Gasteiger charge is -1.95. The molecule has 1 N–H and O–H groups in total. The lowest BCUT2D eigenvalue weighted by atomic mass is 10.4. The van der Waals surface area contributed by atoms with Gasteiger partial charge < -0.3 is 14.6 Å². The van der Waals surface area contributed by atoms with Crippen LogP contribution in [0, 0.1) is 0 Å². The summed E-state index contributed by atoms with van der Waals surface area (Å²) in [6, 6.07) is 0. The van der Waals surface area contributed by atoms with Crippen molar-refractivity contribution in [3.63, 3.8) is 0 Å². The summed E-state index contributed by atoms with van der Waals surface area (Å²) >= 11 is 0. The number of aliphatic carboxylic acids is 1. The molecule has 15 heavy (non-hydrogen) atoms. The van der Waals surface area contributed by atoms with Crippen molar-refractivity contribution < 1.29 is 24.2 Å². The monoisotopic (exact) mass is 220 g/mol. The van der Waals surface area contributed by atoms with Gasteiger partial charge in [0.05, 0.1) is 6.61 Å². The quantitative estimate of drug-likeness (QED) is 0.416. The van der Waals surface area contributed by atoms with Gasteiger partial charge in [-0.1, -0.05) is 6.92 Å². The van der Waals surface area contributed by atoms with Gasteiger partial charge in [0.2, 0.25) is 0 Å².